The molecule has 0 unspecified atom stereocenters. The number of carbonyl (C=O) groups excluding carboxylic acids is 4. The summed E-state index contributed by atoms with van der Waals surface area (Å²) in [6.07, 6.45) is 3.53. The van der Waals surface area contributed by atoms with Gasteiger partial charge in [0, 0.05) is 35.1 Å². The maximum absolute atomic E-state index is 13.0. The van der Waals surface area contributed by atoms with Crippen molar-refractivity contribution in [3.8, 4) is 0 Å². The average molecular weight is 400 g/mol. The van der Waals surface area contributed by atoms with Gasteiger partial charge in [-0.1, -0.05) is 50.2 Å². The average Bonchev–Trinajstić information content (AvgIpc) is 3.21. The van der Waals surface area contributed by atoms with E-state index in [0.717, 1.165) is 0 Å². The first-order valence-corrected chi connectivity index (χ1v) is 9.84. The number of rotatable bonds is 3. The maximum Gasteiger partial charge on any atom is 0.265 e. The molecule has 0 saturated heterocycles. The van der Waals surface area contributed by atoms with Crippen LogP contribution in [-0.2, 0) is 19.2 Å². The highest BCUT2D eigenvalue weighted by atomic mass is 16.2. The van der Waals surface area contributed by atoms with Gasteiger partial charge in [-0.3, -0.25) is 19.2 Å². The number of para-hydroxylation sites is 2. The Bertz CT molecular complexity index is 1070. The molecule has 0 atom stereocenters. The minimum absolute atomic E-state index is 0.203. The molecule has 0 bridgehead atoms. The van der Waals surface area contributed by atoms with Gasteiger partial charge in [0.2, 0.25) is 11.8 Å². The molecule has 0 aliphatic carbocycles. The minimum Gasteiger partial charge on any atom is -0.274 e. The van der Waals surface area contributed by atoms with Crippen LogP contribution in [0.5, 0.6) is 0 Å². The van der Waals surface area contributed by atoms with Crippen LogP contribution < -0.4 is 9.80 Å². The van der Waals surface area contributed by atoms with E-state index in [1.165, 1.54) is 9.80 Å². The van der Waals surface area contributed by atoms with Gasteiger partial charge in [0.15, 0.2) is 0 Å². The molecule has 0 spiro atoms. The van der Waals surface area contributed by atoms with Crippen LogP contribution >= 0.6 is 0 Å². The van der Waals surface area contributed by atoms with Gasteiger partial charge in [0.05, 0.1) is 11.4 Å². The Hall–Kier alpha value is -3.80. The number of imide groups is 2. The van der Waals surface area contributed by atoms with Gasteiger partial charge in [-0.2, -0.15) is 0 Å². The monoisotopic (exact) mass is 400 g/mol. The van der Waals surface area contributed by atoms with E-state index in [4.69, 9.17) is 0 Å². The number of hydrogen-bond donors (Lipinski definition) is 0. The predicted octanol–water partition coefficient (Wildman–Crippen LogP) is 3.72. The molecule has 4 amide bonds. The number of anilines is 2. The molecule has 2 aromatic rings. The van der Waals surface area contributed by atoms with E-state index in [9.17, 15) is 19.2 Å². The molecular formula is C24H20N2O4. The summed E-state index contributed by atoms with van der Waals surface area (Å²) >= 11 is 0. The molecule has 0 radical (unpaired) electrons. The van der Waals surface area contributed by atoms with E-state index in [-0.39, 0.29) is 24.7 Å². The van der Waals surface area contributed by atoms with Crippen LogP contribution in [-0.4, -0.2) is 23.6 Å². The van der Waals surface area contributed by atoms with E-state index in [1.54, 1.807) is 74.5 Å². The van der Waals surface area contributed by atoms with Crippen LogP contribution in [0.2, 0.25) is 0 Å². The summed E-state index contributed by atoms with van der Waals surface area (Å²) in [6, 6.07) is 14.1. The number of carbonyl (C=O) groups is 4. The van der Waals surface area contributed by atoms with Gasteiger partial charge >= 0.3 is 0 Å². The van der Waals surface area contributed by atoms with Gasteiger partial charge in [0.1, 0.15) is 0 Å². The lowest BCUT2D eigenvalue weighted by molar-refractivity contribution is -0.125. The zero-order valence-corrected chi connectivity index (χ0v) is 16.7. The van der Waals surface area contributed by atoms with Crippen molar-refractivity contribution in [1.82, 2.24) is 0 Å². The van der Waals surface area contributed by atoms with Crippen molar-refractivity contribution in [3.63, 3.8) is 0 Å². The molecule has 2 aliphatic rings. The van der Waals surface area contributed by atoms with Crippen LogP contribution in [0.4, 0.5) is 11.4 Å². The van der Waals surface area contributed by atoms with Gasteiger partial charge in [-0.25, -0.2) is 9.80 Å². The quantitative estimate of drug-likeness (QED) is 0.736. The third-order valence-electron chi connectivity index (χ3n) is 5.26. The van der Waals surface area contributed by atoms with Crippen molar-refractivity contribution >= 4 is 46.1 Å². The number of amides is 4. The Labute approximate surface area is 174 Å². The number of fused-ring (bicyclic) bond motifs is 2. The predicted molar refractivity (Wildman–Crippen MR) is 114 cm³/mol. The fourth-order valence-corrected chi connectivity index (χ4v) is 3.78. The zero-order chi connectivity index (χ0) is 21.4. The third-order valence-corrected chi connectivity index (χ3v) is 5.26. The topological polar surface area (TPSA) is 74.8 Å². The molecule has 0 saturated carbocycles. The number of hydrogen-bond acceptors (Lipinski definition) is 4. The number of allylic oxidation sites excluding steroid dienone is 2. The molecule has 0 N–H and O–H groups in total. The first-order valence-electron chi connectivity index (χ1n) is 9.84. The normalized spacial score (nSPS) is 17.7. The fourth-order valence-electron chi connectivity index (χ4n) is 3.78. The second-order valence-corrected chi connectivity index (χ2v) is 6.97. The molecule has 6 heteroatoms. The zero-order valence-electron chi connectivity index (χ0n) is 16.7. The summed E-state index contributed by atoms with van der Waals surface area (Å²) in [7, 11) is 0. The maximum atomic E-state index is 13.0. The van der Waals surface area contributed by atoms with Crippen LogP contribution in [0.25, 0.3) is 11.1 Å². The summed E-state index contributed by atoms with van der Waals surface area (Å²) in [5.41, 5.74) is 3.04. The molecule has 6 nitrogen and oxygen atoms in total. The minimum atomic E-state index is -0.417. The Morgan fingerprint density at radius 3 is 1.43 bits per heavy atom. The molecule has 2 aliphatic heterocycles. The first kappa shape index (κ1) is 19.5. The molecule has 2 heterocycles. The second kappa shape index (κ2) is 7.55. The van der Waals surface area contributed by atoms with Crippen molar-refractivity contribution in [2.45, 2.75) is 26.7 Å². The Morgan fingerprint density at radius 2 is 1.07 bits per heavy atom. The van der Waals surface area contributed by atoms with Gasteiger partial charge in [-0.15, -0.1) is 0 Å². The fraction of sp³-hybridized carbons (Fsp3) is 0.167. The SMILES string of the molecule is CCC(=O)N1C(=O)/C(=C\C=C2\C(=O)N(C(=O)CC)c3ccccc32)c2ccccc21. The van der Waals surface area contributed by atoms with Crippen molar-refractivity contribution in [2.75, 3.05) is 9.80 Å². The Morgan fingerprint density at radius 1 is 0.700 bits per heavy atom. The molecule has 2 aromatic carbocycles. The lowest BCUT2D eigenvalue weighted by Gasteiger charge is -2.13. The van der Waals surface area contributed by atoms with Gasteiger partial charge < -0.3 is 0 Å². The van der Waals surface area contributed by atoms with Gasteiger partial charge in [0.25, 0.3) is 11.8 Å². The van der Waals surface area contributed by atoms with Crippen LogP contribution in [0, 0.1) is 0 Å². The standard InChI is InChI=1S/C24H20N2O4/c1-3-21(27)25-19-11-7-5-9-15(19)17(23(25)29)13-14-18-16-10-6-8-12-20(16)26(24(18)30)22(28)4-2/h5-14H,3-4H2,1-2H3/b17-13-,18-14+. The van der Waals surface area contributed by atoms with Crippen molar-refractivity contribution < 1.29 is 19.2 Å². The number of nitrogens with zero attached hydrogens (tertiary/aromatic N) is 2. The van der Waals surface area contributed by atoms with Crippen LogP contribution in [0.3, 0.4) is 0 Å². The van der Waals surface area contributed by atoms with Crippen molar-refractivity contribution in [2.24, 2.45) is 0 Å². The molecule has 150 valence electrons. The largest absolute Gasteiger partial charge is 0.274 e. The summed E-state index contributed by atoms with van der Waals surface area (Å²) in [4.78, 5) is 52.9. The molecule has 0 aromatic heterocycles. The van der Waals surface area contributed by atoms with E-state index in [0.29, 0.717) is 33.6 Å². The highest BCUT2D eigenvalue weighted by Gasteiger charge is 2.37. The van der Waals surface area contributed by atoms with E-state index in [2.05, 4.69) is 0 Å². The van der Waals surface area contributed by atoms with Crippen LogP contribution in [0.15, 0.2) is 60.7 Å². The Kier molecular flexibility index (Phi) is 4.91. The summed E-state index contributed by atoms with van der Waals surface area (Å²) < 4.78 is 0. The summed E-state index contributed by atoms with van der Waals surface area (Å²) in [5.74, 6) is -1.41. The molecule has 0 fully saturated rings. The van der Waals surface area contributed by atoms with E-state index >= 15 is 0 Å². The summed E-state index contributed by atoms with van der Waals surface area (Å²) in [5, 5.41) is 0. The number of benzene rings is 2. The van der Waals surface area contributed by atoms with Crippen molar-refractivity contribution in [1.29, 1.82) is 0 Å². The first-order chi connectivity index (χ1) is 14.5. The van der Waals surface area contributed by atoms with Crippen molar-refractivity contribution in [3.05, 3.63) is 71.8 Å². The third kappa shape index (κ3) is 2.88. The Balaban J connectivity index is 1.81. The van der Waals surface area contributed by atoms with E-state index in [1.807, 2.05) is 0 Å². The second-order valence-electron chi connectivity index (χ2n) is 6.97. The molecular weight excluding hydrogens is 380 g/mol. The molecule has 4 rings (SSSR count). The lowest BCUT2D eigenvalue weighted by Crippen LogP contribution is -2.33. The molecule has 30 heavy (non-hydrogen) atoms. The van der Waals surface area contributed by atoms with E-state index < -0.39 is 11.8 Å². The summed E-state index contributed by atoms with van der Waals surface area (Å²) in [6.45, 7) is 3.41. The smallest absolute Gasteiger partial charge is 0.265 e. The highest BCUT2D eigenvalue weighted by Crippen LogP contribution is 2.39. The lowest BCUT2D eigenvalue weighted by atomic mass is 10.0. The highest BCUT2D eigenvalue weighted by molar-refractivity contribution is 6.42. The van der Waals surface area contributed by atoms with Gasteiger partial charge in [-0.05, 0) is 24.3 Å². The van der Waals surface area contributed by atoms with Crippen LogP contribution in [0.1, 0.15) is 37.8 Å².